The number of likely N-dealkylation sites (tertiary alicyclic amines) is 1. The van der Waals surface area contributed by atoms with Gasteiger partial charge in [-0.2, -0.15) is 0 Å². The number of rotatable bonds is 1. The Morgan fingerprint density at radius 2 is 1.86 bits per heavy atom. The SMILES string of the molecule is O=C(Nc1cccc2ccccc12)N1CCC2(C1)OCCO2. The van der Waals surface area contributed by atoms with Crippen LogP contribution in [0.3, 0.4) is 0 Å². The predicted molar refractivity (Wildman–Crippen MR) is 83.8 cm³/mol. The fourth-order valence-corrected chi connectivity index (χ4v) is 3.19. The van der Waals surface area contributed by atoms with E-state index in [1.807, 2.05) is 42.5 Å². The number of carbonyl (C=O) groups is 1. The molecule has 2 aliphatic rings. The molecule has 4 rings (SSSR count). The number of amides is 2. The van der Waals surface area contributed by atoms with Crippen molar-refractivity contribution in [1.82, 2.24) is 4.90 Å². The molecule has 2 aromatic rings. The van der Waals surface area contributed by atoms with E-state index in [0.29, 0.717) is 26.3 Å². The molecule has 0 aliphatic carbocycles. The van der Waals surface area contributed by atoms with Crippen molar-refractivity contribution in [3.8, 4) is 0 Å². The summed E-state index contributed by atoms with van der Waals surface area (Å²) in [6.07, 6.45) is 0.732. The second-order valence-corrected chi connectivity index (χ2v) is 5.74. The van der Waals surface area contributed by atoms with Gasteiger partial charge in [0.1, 0.15) is 0 Å². The highest BCUT2D eigenvalue weighted by molar-refractivity contribution is 6.01. The first-order valence-corrected chi connectivity index (χ1v) is 7.57. The first-order chi connectivity index (χ1) is 10.8. The van der Waals surface area contributed by atoms with Crippen molar-refractivity contribution in [3.05, 3.63) is 42.5 Å². The van der Waals surface area contributed by atoms with Crippen LogP contribution < -0.4 is 5.32 Å². The van der Waals surface area contributed by atoms with Crippen molar-refractivity contribution in [1.29, 1.82) is 0 Å². The molecule has 2 aromatic carbocycles. The third-order valence-corrected chi connectivity index (χ3v) is 4.33. The molecule has 1 spiro atoms. The highest BCUT2D eigenvalue weighted by Gasteiger charge is 2.44. The second kappa shape index (κ2) is 5.26. The van der Waals surface area contributed by atoms with Gasteiger partial charge < -0.3 is 19.7 Å². The lowest BCUT2D eigenvalue weighted by Gasteiger charge is -2.22. The summed E-state index contributed by atoms with van der Waals surface area (Å²) < 4.78 is 11.3. The molecular formula is C17H18N2O3. The Hall–Kier alpha value is -2.11. The standard InChI is InChI=1S/C17H18N2O3/c20-16(19-9-8-17(12-19)21-10-11-22-17)18-15-7-3-5-13-4-1-2-6-14(13)15/h1-7H,8-12H2,(H,18,20). The van der Waals surface area contributed by atoms with Crippen molar-refractivity contribution in [2.45, 2.75) is 12.2 Å². The number of fused-ring (bicyclic) bond motifs is 1. The highest BCUT2D eigenvalue weighted by atomic mass is 16.7. The van der Waals surface area contributed by atoms with Gasteiger partial charge in [0.2, 0.25) is 0 Å². The Morgan fingerprint density at radius 1 is 1.09 bits per heavy atom. The monoisotopic (exact) mass is 298 g/mol. The molecule has 114 valence electrons. The minimum Gasteiger partial charge on any atom is -0.346 e. The van der Waals surface area contributed by atoms with Gasteiger partial charge in [-0.05, 0) is 11.5 Å². The summed E-state index contributed by atoms with van der Waals surface area (Å²) in [6.45, 7) is 2.36. The molecule has 5 heteroatoms. The van der Waals surface area contributed by atoms with Crippen LogP contribution in [0.25, 0.3) is 10.8 Å². The van der Waals surface area contributed by atoms with Crippen LogP contribution in [-0.4, -0.2) is 43.0 Å². The van der Waals surface area contributed by atoms with E-state index in [1.54, 1.807) is 4.90 Å². The Kier molecular flexibility index (Phi) is 3.24. The molecule has 2 saturated heterocycles. The lowest BCUT2D eigenvalue weighted by molar-refractivity contribution is -0.143. The van der Waals surface area contributed by atoms with Crippen molar-refractivity contribution in [2.75, 3.05) is 31.6 Å². The van der Waals surface area contributed by atoms with Crippen LogP contribution in [0.4, 0.5) is 10.5 Å². The highest BCUT2D eigenvalue weighted by Crippen LogP contribution is 2.31. The zero-order valence-corrected chi connectivity index (χ0v) is 12.2. The quantitative estimate of drug-likeness (QED) is 0.881. The van der Waals surface area contributed by atoms with E-state index < -0.39 is 5.79 Å². The summed E-state index contributed by atoms with van der Waals surface area (Å²) in [7, 11) is 0. The summed E-state index contributed by atoms with van der Waals surface area (Å²) in [4.78, 5) is 14.3. The summed E-state index contributed by atoms with van der Waals surface area (Å²) in [5.74, 6) is -0.573. The van der Waals surface area contributed by atoms with Crippen molar-refractivity contribution in [2.24, 2.45) is 0 Å². The van der Waals surface area contributed by atoms with Crippen molar-refractivity contribution < 1.29 is 14.3 Å². The molecule has 5 nitrogen and oxygen atoms in total. The van der Waals surface area contributed by atoms with E-state index in [9.17, 15) is 4.79 Å². The summed E-state index contributed by atoms with van der Waals surface area (Å²) >= 11 is 0. The number of hydrogen-bond acceptors (Lipinski definition) is 3. The summed E-state index contributed by atoms with van der Waals surface area (Å²) in [5, 5.41) is 5.16. The van der Waals surface area contributed by atoms with Crippen LogP contribution in [0.2, 0.25) is 0 Å². The first kappa shape index (κ1) is 13.5. The van der Waals surface area contributed by atoms with Gasteiger partial charge in [0.15, 0.2) is 5.79 Å². The summed E-state index contributed by atoms with van der Waals surface area (Å²) in [6, 6.07) is 13.8. The van der Waals surface area contributed by atoms with E-state index in [2.05, 4.69) is 5.32 Å². The largest absolute Gasteiger partial charge is 0.346 e. The molecule has 2 amide bonds. The second-order valence-electron chi connectivity index (χ2n) is 5.74. The maximum absolute atomic E-state index is 12.5. The van der Waals surface area contributed by atoms with Gasteiger partial charge >= 0.3 is 6.03 Å². The maximum Gasteiger partial charge on any atom is 0.322 e. The van der Waals surface area contributed by atoms with Gasteiger partial charge in [-0.15, -0.1) is 0 Å². The maximum atomic E-state index is 12.5. The molecule has 0 radical (unpaired) electrons. The average Bonchev–Trinajstić information content (AvgIpc) is 3.18. The average molecular weight is 298 g/mol. The minimum atomic E-state index is -0.573. The van der Waals surface area contributed by atoms with Crippen molar-refractivity contribution in [3.63, 3.8) is 0 Å². The number of urea groups is 1. The van der Waals surface area contributed by atoms with Crippen LogP contribution in [-0.2, 0) is 9.47 Å². The van der Waals surface area contributed by atoms with Gasteiger partial charge in [0.25, 0.3) is 0 Å². The molecule has 2 fully saturated rings. The Bertz CT molecular complexity index is 705. The lowest BCUT2D eigenvalue weighted by atomic mass is 10.1. The number of benzene rings is 2. The Labute approximate surface area is 128 Å². The van der Waals surface area contributed by atoms with Crippen LogP contribution in [0, 0.1) is 0 Å². The topological polar surface area (TPSA) is 50.8 Å². The fraction of sp³-hybridized carbons (Fsp3) is 0.353. The molecule has 2 aliphatic heterocycles. The van der Waals surface area contributed by atoms with E-state index in [1.165, 1.54) is 0 Å². The van der Waals surface area contributed by atoms with Crippen LogP contribution in [0.15, 0.2) is 42.5 Å². The number of hydrogen-bond donors (Lipinski definition) is 1. The molecule has 0 atom stereocenters. The molecule has 0 bridgehead atoms. The predicted octanol–water partition coefficient (Wildman–Crippen LogP) is 2.82. The van der Waals surface area contributed by atoms with E-state index >= 15 is 0 Å². The van der Waals surface area contributed by atoms with Crippen LogP contribution in [0.5, 0.6) is 0 Å². The number of nitrogens with zero attached hydrogens (tertiary/aromatic N) is 1. The Balaban J connectivity index is 1.52. The first-order valence-electron chi connectivity index (χ1n) is 7.57. The van der Waals surface area contributed by atoms with E-state index in [0.717, 1.165) is 22.9 Å². The van der Waals surface area contributed by atoms with Crippen LogP contribution in [0.1, 0.15) is 6.42 Å². The number of carbonyl (C=O) groups excluding carboxylic acids is 1. The molecule has 22 heavy (non-hydrogen) atoms. The summed E-state index contributed by atoms with van der Waals surface area (Å²) in [5.41, 5.74) is 0.831. The number of anilines is 1. The third-order valence-electron chi connectivity index (χ3n) is 4.33. The normalized spacial score (nSPS) is 19.9. The van der Waals surface area contributed by atoms with E-state index in [-0.39, 0.29) is 6.03 Å². The minimum absolute atomic E-state index is 0.104. The molecule has 0 saturated carbocycles. The number of nitrogens with one attached hydrogen (secondary N) is 1. The molecule has 0 aromatic heterocycles. The van der Waals surface area contributed by atoms with E-state index in [4.69, 9.17) is 9.47 Å². The zero-order valence-electron chi connectivity index (χ0n) is 12.2. The Morgan fingerprint density at radius 3 is 2.73 bits per heavy atom. The van der Waals surface area contributed by atoms with Gasteiger partial charge in [-0.3, -0.25) is 0 Å². The third kappa shape index (κ3) is 2.32. The lowest BCUT2D eigenvalue weighted by Crippen LogP contribution is -2.38. The van der Waals surface area contributed by atoms with Crippen molar-refractivity contribution >= 4 is 22.5 Å². The van der Waals surface area contributed by atoms with Gasteiger partial charge in [0, 0.05) is 18.4 Å². The molecule has 0 unspecified atom stereocenters. The van der Waals surface area contributed by atoms with Gasteiger partial charge in [0.05, 0.1) is 25.4 Å². The van der Waals surface area contributed by atoms with Gasteiger partial charge in [-0.1, -0.05) is 36.4 Å². The number of ether oxygens (including phenoxy) is 2. The molecule has 2 heterocycles. The fourth-order valence-electron chi connectivity index (χ4n) is 3.19. The smallest absolute Gasteiger partial charge is 0.322 e. The van der Waals surface area contributed by atoms with Gasteiger partial charge in [-0.25, -0.2) is 4.79 Å². The molecular weight excluding hydrogens is 280 g/mol. The van der Waals surface area contributed by atoms with Crippen LogP contribution >= 0.6 is 0 Å². The zero-order chi connectivity index (χ0) is 15.0. The molecule has 1 N–H and O–H groups in total.